The van der Waals surface area contributed by atoms with E-state index in [-0.39, 0.29) is 0 Å². The smallest absolute Gasteiger partial charge is 0.122 e. The van der Waals surface area contributed by atoms with Gasteiger partial charge >= 0.3 is 0 Å². The van der Waals surface area contributed by atoms with E-state index in [1.165, 1.54) is 11.1 Å². The number of hydrogen-bond donors (Lipinski definition) is 1. The van der Waals surface area contributed by atoms with Crippen LogP contribution in [0.4, 0.5) is 0 Å². The highest BCUT2D eigenvalue weighted by Gasteiger charge is 2.15. The van der Waals surface area contributed by atoms with Crippen LogP contribution < -0.4 is 10.1 Å². The molecular weight excluding hydrogens is 202 g/mol. The Labute approximate surface area is 96.8 Å². The second-order valence-electron chi connectivity index (χ2n) is 4.09. The Morgan fingerprint density at radius 1 is 1.50 bits per heavy atom. The molecule has 0 saturated heterocycles. The molecule has 3 heteroatoms. The van der Waals surface area contributed by atoms with E-state index >= 15 is 0 Å². The lowest BCUT2D eigenvalue weighted by Gasteiger charge is -2.16. The standard InChI is InChI=1S/C13H19NO2/c1-14-12(6-7-15-2)10-3-4-13-11(9-10)5-8-16-13/h3-4,9,12,14H,5-8H2,1-2H3. The molecule has 2 rings (SSSR count). The van der Waals surface area contributed by atoms with Crippen LogP contribution in [-0.2, 0) is 11.2 Å². The second kappa shape index (κ2) is 5.32. The molecule has 0 aliphatic carbocycles. The normalized spacial score (nSPS) is 15.6. The molecule has 88 valence electrons. The highest BCUT2D eigenvalue weighted by atomic mass is 16.5. The highest BCUT2D eigenvalue weighted by Crippen LogP contribution is 2.28. The lowest BCUT2D eigenvalue weighted by molar-refractivity contribution is 0.184. The van der Waals surface area contributed by atoms with Crippen LogP contribution >= 0.6 is 0 Å². The molecule has 1 heterocycles. The van der Waals surface area contributed by atoms with Crippen molar-refractivity contribution >= 4 is 0 Å². The van der Waals surface area contributed by atoms with Crippen LogP contribution in [0.5, 0.6) is 5.75 Å². The lowest BCUT2D eigenvalue weighted by Crippen LogP contribution is -2.18. The van der Waals surface area contributed by atoms with Gasteiger partial charge in [0.05, 0.1) is 6.61 Å². The summed E-state index contributed by atoms with van der Waals surface area (Å²) in [6.07, 6.45) is 2.02. The van der Waals surface area contributed by atoms with Gasteiger partial charge in [0.15, 0.2) is 0 Å². The zero-order valence-corrected chi connectivity index (χ0v) is 9.95. The molecule has 16 heavy (non-hydrogen) atoms. The molecule has 0 saturated carbocycles. The van der Waals surface area contributed by atoms with Gasteiger partial charge in [0.1, 0.15) is 5.75 Å². The van der Waals surface area contributed by atoms with Crippen LogP contribution in [0, 0.1) is 0 Å². The van der Waals surface area contributed by atoms with Crippen LogP contribution in [0.2, 0.25) is 0 Å². The Hall–Kier alpha value is -1.06. The molecule has 0 radical (unpaired) electrons. The Kier molecular flexibility index (Phi) is 3.80. The van der Waals surface area contributed by atoms with Crippen molar-refractivity contribution in [3.05, 3.63) is 29.3 Å². The minimum Gasteiger partial charge on any atom is -0.493 e. The largest absolute Gasteiger partial charge is 0.493 e. The van der Waals surface area contributed by atoms with Crippen molar-refractivity contribution in [2.45, 2.75) is 18.9 Å². The van der Waals surface area contributed by atoms with Crippen LogP contribution in [0.1, 0.15) is 23.6 Å². The maximum absolute atomic E-state index is 5.50. The van der Waals surface area contributed by atoms with E-state index in [4.69, 9.17) is 9.47 Å². The molecule has 1 aromatic rings. The lowest BCUT2D eigenvalue weighted by atomic mass is 10.0. The maximum Gasteiger partial charge on any atom is 0.122 e. The van der Waals surface area contributed by atoms with E-state index in [1.54, 1.807) is 7.11 Å². The zero-order chi connectivity index (χ0) is 11.4. The van der Waals surface area contributed by atoms with Gasteiger partial charge in [-0.3, -0.25) is 0 Å². The van der Waals surface area contributed by atoms with Crippen molar-refractivity contribution in [2.24, 2.45) is 0 Å². The van der Waals surface area contributed by atoms with Crippen molar-refractivity contribution in [3.8, 4) is 5.75 Å². The van der Waals surface area contributed by atoms with Gasteiger partial charge < -0.3 is 14.8 Å². The number of hydrogen-bond acceptors (Lipinski definition) is 3. The fraction of sp³-hybridized carbons (Fsp3) is 0.538. The first-order valence-corrected chi connectivity index (χ1v) is 5.77. The summed E-state index contributed by atoms with van der Waals surface area (Å²) in [6.45, 7) is 1.60. The van der Waals surface area contributed by atoms with E-state index in [2.05, 4.69) is 23.5 Å². The predicted octanol–water partition coefficient (Wildman–Crippen LogP) is 1.92. The second-order valence-corrected chi connectivity index (χ2v) is 4.09. The number of nitrogens with one attached hydrogen (secondary N) is 1. The number of methoxy groups -OCH3 is 1. The van der Waals surface area contributed by atoms with E-state index < -0.39 is 0 Å². The summed E-state index contributed by atoms with van der Waals surface area (Å²) in [6, 6.07) is 6.83. The third-order valence-corrected chi connectivity index (χ3v) is 3.07. The molecular formula is C13H19NO2. The number of ether oxygens (including phenoxy) is 2. The van der Waals surface area contributed by atoms with Gasteiger partial charge in [-0.15, -0.1) is 0 Å². The van der Waals surface area contributed by atoms with Crippen LogP contribution in [0.15, 0.2) is 18.2 Å². The van der Waals surface area contributed by atoms with Gasteiger partial charge in [0.25, 0.3) is 0 Å². The average Bonchev–Trinajstić information content (AvgIpc) is 2.77. The van der Waals surface area contributed by atoms with Crippen LogP contribution in [-0.4, -0.2) is 27.4 Å². The molecule has 1 atom stereocenters. The van der Waals surface area contributed by atoms with Crippen molar-refractivity contribution < 1.29 is 9.47 Å². The first kappa shape index (κ1) is 11.4. The molecule has 1 N–H and O–H groups in total. The Balaban J connectivity index is 2.12. The molecule has 0 amide bonds. The molecule has 1 aromatic carbocycles. The third-order valence-electron chi connectivity index (χ3n) is 3.07. The topological polar surface area (TPSA) is 30.5 Å². The molecule has 3 nitrogen and oxygen atoms in total. The quantitative estimate of drug-likeness (QED) is 0.824. The molecule has 0 aromatic heterocycles. The van der Waals surface area contributed by atoms with Crippen molar-refractivity contribution in [1.29, 1.82) is 0 Å². The van der Waals surface area contributed by atoms with Crippen molar-refractivity contribution in [2.75, 3.05) is 27.4 Å². The SMILES string of the molecule is CNC(CCOC)c1ccc2c(c1)CCO2. The van der Waals surface area contributed by atoms with Gasteiger partial charge in [-0.05, 0) is 30.7 Å². The number of fused-ring (bicyclic) bond motifs is 1. The van der Waals surface area contributed by atoms with Gasteiger partial charge in [0.2, 0.25) is 0 Å². The molecule has 1 unspecified atom stereocenters. The van der Waals surface area contributed by atoms with Gasteiger partial charge in [-0.25, -0.2) is 0 Å². The number of rotatable bonds is 5. The highest BCUT2D eigenvalue weighted by molar-refractivity contribution is 5.40. The summed E-state index contributed by atoms with van der Waals surface area (Å²) < 4.78 is 10.6. The summed E-state index contributed by atoms with van der Waals surface area (Å²) in [7, 11) is 3.73. The minimum atomic E-state index is 0.367. The first-order valence-electron chi connectivity index (χ1n) is 5.77. The summed E-state index contributed by atoms with van der Waals surface area (Å²) in [5, 5.41) is 3.32. The van der Waals surface area contributed by atoms with E-state index in [0.717, 1.165) is 31.8 Å². The Morgan fingerprint density at radius 2 is 2.38 bits per heavy atom. The molecule has 0 bridgehead atoms. The number of benzene rings is 1. The molecule has 1 aliphatic heterocycles. The van der Waals surface area contributed by atoms with Crippen molar-refractivity contribution in [3.63, 3.8) is 0 Å². The fourth-order valence-corrected chi connectivity index (χ4v) is 2.14. The van der Waals surface area contributed by atoms with Crippen LogP contribution in [0.3, 0.4) is 0 Å². The average molecular weight is 221 g/mol. The van der Waals surface area contributed by atoms with Crippen LogP contribution in [0.25, 0.3) is 0 Å². The van der Waals surface area contributed by atoms with Gasteiger partial charge in [-0.1, -0.05) is 12.1 Å². The van der Waals surface area contributed by atoms with E-state index in [9.17, 15) is 0 Å². The monoisotopic (exact) mass is 221 g/mol. The fourth-order valence-electron chi connectivity index (χ4n) is 2.14. The summed E-state index contributed by atoms with van der Waals surface area (Å²) in [5.41, 5.74) is 2.65. The summed E-state index contributed by atoms with van der Waals surface area (Å²) in [5.74, 6) is 1.05. The Bertz CT molecular complexity index is 352. The van der Waals surface area contributed by atoms with Crippen molar-refractivity contribution in [1.82, 2.24) is 5.32 Å². The minimum absolute atomic E-state index is 0.367. The molecule has 0 spiro atoms. The first-order chi connectivity index (χ1) is 7.85. The third kappa shape index (κ3) is 2.36. The maximum atomic E-state index is 5.50. The van der Waals surface area contributed by atoms with Gasteiger partial charge in [-0.2, -0.15) is 0 Å². The Morgan fingerprint density at radius 3 is 3.12 bits per heavy atom. The van der Waals surface area contributed by atoms with Gasteiger partial charge in [0, 0.05) is 26.2 Å². The van der Waals surface area contributed by atoms with E-state index in [0.29, 0.717) is 6.04 Å². The zero-order valence-electron chi connectivity index (χ0n) is 9.95. The summed E-state index contributed by atoms with van der Waals surface area (Å²) >= 11 is 0. The summed E-state index contributed by atoms with van der Waals surface area (Å²) in [4.78, 5) is 0. The molecule has 1 aliphatic rings. The molecule has 0 fully saturated rings. The van der Waals surface area contributed by atoms with E-state index in [1.807, 2.05) is 7.05 Å². The predicted molar refractivity (Wildman–Crippen MR) is 63.9 cm³/mol.